The Bertz CT molecular complexity index is 1270. The molecule has 0 aromatic heterocycles. The highest BCUT2D eigenvalue weighted by atomic mass is 16.8. The quantitative estimate of drug-likeness (QED) is 0.463. The van der Waals surface area contributed by atoms with E-state index in [2.05, 4.69) is 5.32 Å². The number of nitrogens with one attached hydrogen (secondary N) is 1. The average Bonchev–Trinajstić information content (AvgIpc) is 2.93. The maximum Gasteiger partial charge on any atom is 0.332 e. The van der Waals surface area contributed by atoms with Crippen LogP contribution in [0.1, 0.15) is 31.3 Å². The lowest BCUT2D eigenvalue weighted by atomic mass is 9.95. The number of amides is 1. The van der Waals surface area contributed by atoms with E-state index in [4.69, 9.17) is 23.7 Å². The van der Waals surface area contributed by atoms with Gasteiger partial charge in [0.15, 0.2) is 18.7 Å². The predicted molar refractivity (Wildman–Crippen MR) is 137 cm³/mol. The summed E-state index contributed by atoms with van der Waals surface area (Å²) in [5, 5.41) is 14.6. The number of benzene rings is 3. The minimum atomic E-state index is -1.15. The van der Waals surface area contributed by atoms with E-state index < -0.39 is 49.0 Å². The van der Waals surface area contributed by atoms with Crippen molar-refractivity contribution in [1.29, 1.82) is 0 Å². The highest BCUT2D eigenvalue weighted by Gasteiger charge is 2.52. The number of carboxylic acid groups (broad SMARTS) is 1. The van der Waals surface area contributed by atoms with Gasteiger partial charge in [-0.05, 0) is 29.3 Å². The Morgan fingerprint density at radius 2 is 1.76 bits per heavy atom. The first-order valence-corrected chi connectivity index (χ1v) is 12.6. The minimum Gasteiger partial charge on any atom is -0.479 e. The van der Waals surface area contributed by atoms with E-state index in [-0.39, 0.29) is 19.1 Å². The Hall–Kier alpha value is -3.34. The van der Waals surface area contributed by atoms with E-state index in [1.807, 2.05) is 72.8 Å². The smallest absolute Gasteiger partial charge is 0.332 e. The molecule has 2 heterocycles. The number of fused-ring (bicyclic) bond motifs is 2. The predicted octanol–water partition coefficient (Wildman–Crippen LogP) is 3.56. The van der Waals surface area contributed by atoms with Crippen LogP contribution in [0.15, 0.2) is 72.8 Å². The van der Waals surface area contributed by atoms with Crippen LogP contribution in [0.4, 0.5) is 0 Å². The monoisotopic (exact) mass is 521 g/mol. The molecule has 38 heavy (non-hydrogen) atoms. The maximum atomic E-state index is 12.2. The van der Waals surface area contributed by atoms with Crippen LogP contribution < -0.4 is 5.32 Å². The third-order valence-corrected chi connectivity index (χ3v) is 6.72. The van der Waals surface area contributed by atoms with E-state index in [0.29, 0.717) is 0 Å². The molecule has 2 aliphatic heterocycles. The topological polar surface area (TPSA) is 113 Å². The first-order valence-electron chi connectivity index (χ1n) is 12.6. The standard InChI is InChI=1S/C29H31NO8/c1-17(27(32)33)36-26-24(30-18(2)31)29(34-15-19-12-13-20-8-6-7-11-22(20)14-19)37-23-16-35-28(38-25(23)26)21-9-4-3-5-10-21/h3-14,17,23-26,28-29H,15-16H2,1-2H3,(H,30,31)(H,32,33)/t17-,23-,24-,25-,26-,28+,29+/m0/s1. The van der Waals surface area contributed by atoms with Crippen LogP contribution in [0.3, 0.4) is 0 Å². The van der Waals surface area contributed by atoms with Gasteiger partial charge >= 0.3 is 5.97 Å². The van der Waals surface area contributed by atoms with Gasteiger partial charge in [-0.1, -0.05) is 66.7 Å². The molecule has 0 unspecified atom stereocenters. The van der Waals surface area contributed by atoms with E-state index in [1.54, 1.807) is 0 Å². The summed E-state index contributed by atoms with van der Waals surface area (Å²) in [5.41, 5.74) is 1.73. The third kappa shape index (κ3) is 5.87. The molecule has 0 saturated carbocycles. The number of carboxylic acids is 1. The number of hydrogen-bond acceptors (Lipinski definition) is 7. The van der Waals surface area contributed by atoms with Gasteiger partial charge in [-0.15, -0.1) is 0 Å². The lowest BCUT2D eigenvalue weighted by molar-refractivity contribution is -0.351. The van der Waals surface area contributed by atoms with Crippen molar-refractivity contribution in [3.05, 3.63) is 83.9 Å². The summed E-state index contributed by atoms with van der Waals surface area (Å²) in [6.07, 6.45) is -4.97. The second-order valence-electron chi connectivity index (χ2n) is 9.52. The molecule has 1 amide bonds. The molecule has 0 bridgehead atoms. The van der Waals surface area contributed by atoms with Crippen LogP contribution in [-0.4, -0.2) is 60.3 Å². The second kappa shape index (κ2) is 11.6. The largest absolute Gasteiger partial charge is 0.479 e. The fraction of sp³-hybridized carbons (Fsp3) is 0.379. The molecule has 2 N–H and O–H groups in total. The summed E-state index contributed by atoms with van der Waals surface area (Å²) in [6, 6.07) is 22.6. The Kier molecular flexibility index (Phi) is 8.01. The van der Waals surface area contributed by atoms with Crippen molar-refractivity contribution in [3.63, 3.8) is 0 Å². The zero-order valence-electron chi connectivity index (χ0n) is 21.2. The molecule has 7 atom stereocenters. The molecule has 2 aliphatic rings. The summed E-state index contributed by atoms with van der Waals surface area (Å²) < 4.78 is 30.7. The number of hydrogen-bond donors (Lipinski definition) is 2. The molecule has 3 aromatic carbocycles. The molecule has 2 saturated heterocycles. The molecular weight excluding hydrogens is 490 g/mol. The van der Waals surface area contributed by atoms with Crippen LogP contribution in [0.2, 0.25) is 0 Å². The van der Waals surface area contributed by atoms with Crippen molar-refractivity contribution >= 4 is 22.6 Å². The summed E-state index contributed by atoms with van der Waals surface area (Å²) in [7, 11) is 0. The van der Waals surface area contributed by atoms with Gasteiger partial charge in [-0.3, -0.25) is 4.79 Å². The van der Waals surface area contributed by atoms with Gasteiger partial charge in [0.05, 0.1) is 13.2 Å². The highest BCUT2D eigenvalue weighted by molar-refractivity contribution is 5.83. The van der Waals surface area contributed by atoms with Gasteiger partial charge in [0.2, 0.25) is 5.91 Å². The molecular formula is C29H31NO8. The number of carbonyl (C=O) groups is 2. The molecule has 9 nitrogen and oxygen atoms in total. The van der Waals surface area contributed by atoms with Gasteiger partial charge in [-0.2, -0.15) is 0 Å². The zero-order valence-corrected chi connectivity index (χ0v) is 21.2. The fourth-order valence-electron chi connectivity index (χ4n) is 4.84. The molecule has 0 aliphatic carbocycles. The van der Waals surface area contributed by atoms with Gasteiger partial charge in [0, 0.05) is 12.5 Å². The molecule has 2 fully saturated rings. The third-order valence-electron chi connectivity index (χ3n) is 6.72. The first-order chi connectivity index (χ1) is 18.4. The van der Waals surface area contributed by atoms with Gasteiger partial charge in [-0.25, -0.2) is 4.79 Å². The lowest BCUT2D eigenvalue weighted by Gasteiger charge is -2.49. The van der Waals surface area contributed by atoms with Crippen LogP contribution in [0.25, 0.3) is 10.8 Å². The van der Waals surface area contributed by atoms with E-state index in [0.717, 1.165) is 21.9 Å². The number of carbonyl (C=O) groups excluding carboxylic acids is 1. The van der Waals surface area contributed by atoms with Crippen molar-refractivity contribution in [2.75, 3.05) is 6.61 Å². The molecule has 200 valence electrons. The zero-order chi connectivity index (χ0) is 26.6. The molecule has 9 heteroatoms. The molecule has 5 rings (SSSR count). The number of ether oxygens (including phenoxy) is 5. The minimum absolute atomic E-state index is 0.175. The first kappa shape index (κ1) is 26.3. The van der Waals surface area contributed by atoms with Crippen LogP contribution in [0, 0.1) is 0 Å². The van der Waals surface area contributed by atoms with Crippen molar-refractivity contribution in [1.82, 2.24) is 5.32 Å². The normalized spacial score (nSPS) is 27.8. The maximum absolute atomic E-state index is 12.2. The van der Waals surface area contributed by atoms with Gasteiger partial charge in [0.1, 0.15) is 24.4 Å². The average molecular weight is 522 g/mol. The van der Waals surface area contributed by atoms with Crippen molar-refractivity contribution < 1.29 is 38.4 Å². The molecule has 0 spiro atoms. The Labute approximate surface area is 220 Å². The second-order valence-corrected chi connectivity index (χ2v) is 9.52. The van der Waals surface area contributed by atoms with Crippen LogP contribution in [-0.2, 0) is 39.9 Å². The highest BCUT2D eigenvalue weighted by Crippen LogP contribution is 2.36. The van der Waals surface area contributed by atoms with E-state index >= 15 is 0 Å². The van der Waals surface area contributed by atoms with Crippen molar-refractivity contribution in [3.8, 4) is 0 Å². The summed E-state index contributed by atoms with van der Waals surface area (Å²) in [4.78, 5) is 23.9. The van der Waals surface area contributed by atoms with Gasteiger partial charge in [0.25, 0.3) is 0 Å². The summed E-state index contributed by atoms with van der Waals surface area (Å²) in [5.74, 6) is -1.46. The van der Waals surface area contributed by atoms with E-state index in [9.17, 15) is 14.7 Å². The van der Waals surface area contributed by atoms with Crippen LogP contribution >= 0.6 is 0 Å². The number of aliphatic carboxylic acids is 1. The SMILES string of the molecule is CC(=O)N[C@@H]1[C@H](OCc2ccc3ccccc3c2)O[C@H]2CO[C@@H](c3ccccc3)O[C@@H]2[C@H]1O[C@@H](C)C(=O)O. The Morgan fingerprint density at radius 3 is 2.50 bits per heavy atom. The summed E-state index contributed by atoms with van der Waals surface area (Å²) in [6.45, 7) is 3.20. The van der Waals surface area contributed by atoms with E-state index in [1.165, 1.54) is 13.8 Å². The lowest BCUT2D eigenvalue weighted by Crippen LogP contribution is -2.67. The fourth-order valence-corrected chi connectivity index (χ4v) is 4.84. The molecule has 3 aromatic rings. The van der Waals surface area contributed by atoms with Crippen molar-refractivity contribution in [2.24, 2.45) is 0 Å². The van der Waals surface area contributed by atoms with Gasteiger partial charge < -0.3 is 34.1 Å². The number of rotatable bonds is 8. The van der Waals surface area contributed by atoms with Crippen molar-refractivity contribution in [2.45, 2.75) is 63.5 Å². The summed E-state index contributed by atoms with van der Waals surface area (Å²) >= 11 is 0. The molecule has 0 radical (unpaired) electrons. The Balaban J connectivity index is 1.40. The Morgan fingerprint density at radius 1 is 1.03 bits per heavy atom. The van der Waals surface area contributed by atoms with Crippen LogP contribution in [0.5, 0.6) is 0 Å².